The molecular weight excluding hydrogens is 244 g/mol. The highest BCUT2D eigenvalue weighted by Gasteiger charge is 2.18. The molecule has 0 radical (unpaired) electrons. The lowest BCUT2D eigenvalue weighted by Gasteiger charge is -2.20. The molecule has 1 aliphatic rings. The standard InChI is InChI=1S/C13H16N4O2/c14-11-5-4-9(8-15-11)13-16-12(17-19-13)7-10-3-1-2-6-18-10/h4-5,8,10H,1-3,6-7H2,(H2,14,15). The van der Waals surface area contributed by atoms with Crippen LogP contribution in [0.25, 0.3) is 11.5 Å². The predicted molar refractivity (Wildman–Crippen MR) is 69.2 cm³/mol. The predicted octanol–water partition coefficient (Wildman–Crippen LogP) is 1.83. The Morgan fingerprint density at radius 2 is 2.26 bits per heavy atom. The molecule has 0 spiro atoms. The van der Waals surface area contributed by atoms with Gasteiger partial charge in [-0.25, -0.2) is 4.98 Å². The molecule has 2 aromatic heterocycles. The van der Waals surface area contributed by atoms with Gasteiger partial charge in [-0.05, 0) is 31.4 Å². The Bertz CT molecular complexity index is 532. The van der Waals surface area contributed by atoms with E-state index in [1.54, 1.807) is 12.3 Å². The third-order valence-electron chi connectivity index (χ3n) is 3.19. The van der Waals surface area contributed by atoms with Crippen molar-refractivity contribution >= 4 is 5.82 Å². The molecule has 1 atom stereocenters. The van der Waals surface area contributed by atoms with Gasteiger partial charge < -0.3 is 15.0 Å². The van der Waals surface area contributed by atoms with Crippen molar-refractivity contribution in [2.24, 2.45) is 0 Å². The van der Waals surface area contributed by atoms with Crippen LogP contribution < -0.4 is 5.73 Å². The van der Waals surface area contributed by atoms with E-state index < -0.39 is 0 Å². The van der Waals surface area contributed by atoms with Crippen LogP contribution in [-0.2, 0) is 11.2 Å². The molecule has 19 heavy (non-hydrogen) atoms. The lowest BCUT2D eigenvalue weighted by atomic mass is 10.1. The summed E-state index contributed by atoms with van der Waals surface area (Å²) in [5, 5.41) is 3.98. The molecule has 3 heterocycles. The second-order valence-corrected chi connectivity index (χ2v) is 4.68. The van der Waals surface area contributed by atoms with Crippen LogP contribution in [-0.4, -0.2) is 27.8 Å². The maximum atomic E-state index is 5.66. The van der Waals surface area contributed by atoms with E-state index in [-0.39, 0.29) is 6.10 Å². The third-order valence-corrected chi connectivity index (χ3v) is 3.19. The van der Waals surface area contributed by atoms with Gasteiger partial charge in [0.2, 0.25) is 0 Å². The Balaban J connectivity index is 1.70. The van der Waals surface area contributed by atoms with Gasteiger partial charge in [0.15, 0.2) is 5.82 Å². The molecule has 100 valence electrons. The van der Waals surface area contributed by atoms with Crippen LogP contribution in [0, 0.1) is 0 Å². The van der Waals surface area contributed by atoms with Gasteiger partial charge in [-0.15, -0.1) is 0 Å². The largest absolute Gasteiger partial charge is 0.384 e. The van der Waals surface area contributed by atoms with Gasteiger partial charge in [0.05, 0.1) is 11.7 Å². The fourth-order valence-corrected chi connectivity index (χ4v) is 2.16. The van der Waals surface area contributed by atoms with Crippen molar-refractivity contribution in [1.29, 1.82) is 0 Å². The number of rotatable bonds is 3. The average molecular weight is 260 g/mol. The monoisotopic (exact) mass is 260 g/mol. The SMILES string of the molecule is Nc1ccc(-c2nc(CC3CCCCO3)no2)cn1. The van der Waals surface area contributed by atoms with Crippen LogP contribution in [0.15, 0.2) is 22.9 Å². The number of nitrogens with zero attached hydrogens (tertiary/aromatic N) is 3. The highest BCUT2D eigenvalue weighted by molar-refractivity contribution is 5.53. The van der Waals surface area contributed by atoms with Crippen molar-refractivity contribution in [2.45, 2.75) is 31.8 Å². The van der Waals surface area contributed by atoms with E-state index in [1.807, 2.05) is 6.07 Å². The molecule has 1 saturated heterocycles. The summed E-state index contributed by atoms with van der Waals surface area (Å²) in [5.41, 5.74) is 6.31. The number of ether oxygens (including phenoxy) is 1. The fourth-order valence-electron chi connectivity index (χ4n) is 2.16. The van der Waals surface area contributed by atoms with Crippen LogP contribution in [0.3, 0.4) is 0 Å². The first-order valence-electron chi connectivity index (χ1n) is 6.47. The number of nitrogen functional groups attached to an aromatic ring is 1. The average Bonchev–Trinajstić information content (AvgIpc) is 2.89. The topological polar surface area (TPSA) is 87.1 Å². The first kappa shape index (κ1) is 12.1. The zero-order valence-electron chi connectivity index (χ0n) is 10.6. The van der Waals surface area contributed by atoms with Crippen LogP contribution in [0.4, 0.5) is 5.82 Å². The Morgan fingerprint density at radius 1 is 1.32 bits per heavy atom. The van der Waals surface area contributed by atoms with E-state index in [4.69, 9.17) is 15.0 Å². The van der Waals surface area contributed by atoms with Crippen molar-refractivity contribution in [3.8, 4) is 11.5 Å². The zero-order chi connectivity index (χ0) is 13.1. The number of anilines is 1. The van der Waals surface area contributed by atoms with Gasteiger partial charge in [-0.3, -0.25) is 0 Å². The number of hydrogen-bond donors (Lipinski definition) is 1. The molecule has 3 rings (SSSR count). The zero-order valence-corrected chi connectivity index (χ0v) is 10.6. The summed E-state index contributed by atoms with van der Waals surface area (Å²) in [4.78, 5) is 8.37. The lowest BCUT2D eigenvalue weighted by Crippen LogP contribution is -2.21. The highest BCUT2D eigenvalue weighted by atomic mass is 16.5. The molecule has 0 saturated carbocycles. The summed E-state index contributed by atoms with van der Waals surface area (Å²) in [7, 11) is 0. The Labute approximate surface area is 111 Å². The molecule has 1 aliphatic heterocycles. The molecule has 2 aromatic rings. The van der Waals surface area contributed by atoms with Gasteiger partial charge in [0, 0.05) is 19.2 Å². The first-order valence-corrected chi connectivity index (χ1v) is 6.47. The highest BCUT2D eigenvalue weighted by Crippen LogP contribution is 2.19. The third kappa shape index (κ3) is 2.90. The van der Waals surface area contributed by atoms with Gasteiger partial charge in [0.1, 0.15) is 5.82 Å². The summed E-state index contributed by atoms with van der Waals surface area (Å²) in [5.74, 6) is 1.62. The summed E-state index contributed by atoms with van der Waals surface area (Å²) in [6, 6.07) is 3.53. The first-order chi connectivity index (χ1) is 9.31. The normalized spacial score (nSPS) is 19.5. The lowest BCUT2D eigenvalue weighted by molar-refractivity contribution is 0.0153. The minimum absolute atomic E-state index is 0.212. The second-order valence-electron chi connectivity index (χ2n) is 4.68. The Kier molecular flexibility index (Phi) is 3.41. The van der Waals surface area contributed by atoms with Crippen molar-refractivity contribution < 1.29 is 9.26 Å². The molecule has 6 heteroatoms. The number of pyridine rings is 1. The maximum absolute atomic E-state index is 5.66. The van der Waals surface area contributed by atoms with Crippen LogP contribution in [0.2, 0.25) is 0 Å². The summed E-state index contributed by atoms with van der Waals surface area (Å²) < 4.78 is 10.9. The molecule has 0 aliphatic carbocycles. The van der Waals surface area contributed by atoms with E-state index in [2.05, 4.69) is 15.1 Å². The summed E-state index contributed by atoms with van der Waals surface area (Å²) >= 11 is 0. The Morgan fingerprint density at radius 3 is 3.00 bits per heavy atom. The molecule has 1 unspecified atom stereocenters. The van der Waals surface area contributed by atoms with Crippen molar-refractivity contribution in [3.05, 3.63) is 24.2 Å². The quantitative estimate of drug-likeness (QED) is 0.905. The van der Waals surface area contributed by atoms with Crippen molar-refractivity contribution in [1.82, 2.24) is 15.1 Å². The van der Waals surface area contributed by atoms with Crippen LogP contribution in [0.5, 0.6) is 0 Å². The molecular formula is C13H16N4O2. The van der Waals surface area contributed by atoms with Crippen LogP contribution >= 0.6 is 0 Å². The second kappa shape index (κ2) is 5.36. The van der Waals surface area contributed by atoms with Crippen molar-refractivity contribution in [3.63, 3.8) is 0 Å². The number of nitrogens with two attached hydrogens (primary N) is 1. The van der Waals surface area contributed by atoms with E-state index >= 15 is 0 Å². The van der Waals surface area contributed by atoms with Gasteiger partial charge >= 0.3 is 0 Å². The molecule has 0 bridgehead atoms. The molecule has 0 aromatic carbocycles. The minimum Gasteiger partial charge on any atom is -0.384 e. The van der Waals surface area contributed by atoms with Crippen LogP contribution in [0.1, 0.15) is 25.1 Å². The smallest absolute Gasteiger partial charge is 0.259 e. The number of hydrogen-bond acceptors (Lipinski definition) is 6. The summed E-state index contributed by atoms with van der Waals surface area (Å²) in [6.45, 7) is 0.831. The molecule has 1 fully saturated rings. The van der Waals surface area contributed by atoms with E-state index in [9.17, 15) is 0 Å². The fraction of sp³-hybridized carbons (Fsp3) is 0.462. The van der Waals surface area contributed by atoms with E-state index in [1.165, 1.54) is 6.42 Å². The molecule has 6 nitrogen and oxygen atoms in total. The molecule has 2 N–H and O–H groups in total. The number of aromatic nitrogens is 3. The van der Waals surface area contributed by atoms with E-state index in [0.29, 0.717) is 24.0 Å². The van der Waals surface area contributed by atoms with Crippen molar-refractivity contribution in [2.75, 3.05) is 12.3 Å². The minimum atomic E-state index is 0.212. The maximum Gasteiger partial charge on any atom is 0.259 e. The molecule has 0 amide bonds. The van der Waals surface area contributed by atoms with Gasteiger partial charge in [-0.1, -0.05) is 5.16 Å². The summed E-state index contributed by atoms with van der Waals surface area (Å²) in [6.07, 6.45) is 5.95. The van der Waals surface area contributed by atoms with Gasteiger partial charge in [-0.2, -0.15) is 4.98 Å². The Hall–Kier alpha value is -1.95. The van der Waals surface area contributed by atoms with E-state index in [0.717, 1.165) is 25.0 Å². The van der Waals surface area contributed by atoms with Gasteiger partial charge in [0.25, 0.3) is 5.89 Å².